The Hall–Kier alpha value is -0.130. The fraction of sp³-hybridized carbons (Fsp3) is 1.00. The van der Waals surface area contributed by atoms with Crippen molar-refractivity contribution in [1.29, 1.82) is 0 Å². The Morgan fingerprint density at radius 3 is 1.65 bits per heavy atom. The van der Waals surface area contributed by atoms with Gasteiger partial charge in [0, 0.05) is 0 Å². The van der Waals surface area contributed by atoms with Gasteiger partial charge in [-0.05, 0) is 45.8 Å². The first-order valence-electron chi connectivity index (χ1n) is 10.9. The average Bonchev–Trinajstić information content (AvgIpc) is 2.56. The molecule has 0 aliphatic rings. The zero-order chi connectivity index (χ0) is 19.8. The van der Waals surface area contributed by atoms with Crippen LogP contribution in [0.5, 0.6) is 0 Å². The highest BCUT2D eigenvalue weighted by molar-refractivity contribution is 7.86. The molecule has 5 heteroatoms. The smallest absolute Gasteiger partial charge is 0.268 e. The Labute approximate surface area is 163 Å². The van der Waals surface area contributed by atoms with Crippen LogP contribution in [0.25, 0.3) is 0 Å². The third-order valence-electron chi connectivity index (χ3n) is 5.38. The Balaban J connectivity index is 4.34. The van der Waals surface area contributed by atoms with E-state index in [0.29, 0.717) is 13.0 Å². The molecule has 1 N–H and O–H groups in total. The van der Waals surface area contributed by atoms with Gasteiger partial charge in [0.15, 0.2) is 0 Å². The molecule has 4 nitrogen and oxygen atoms in total. The summed E-state index contributed by atoms with van der Waals surface area (Å²) < 4.78 is 33.6. The summed E-state index contributed by atoms with van der Waals surface area (Å²) in [6, 6.07) is 0. The van der Waals surface area contributed by atoms with Crippen LogP contribution < -0.4 is 0 Å². The van der Waals surface area contributed by atoms with Gasteiger partial charge >= 0.3 is 0 Å². The third-order valence-corrected chi connectivity index (χ3v) is 6.76. The summed E-state index contributed by atoms with van der Waals surface area (Å²) in [6.45, 7) is 5.08. The van der Waals surface area contributed by atoms with Crippen LogP contribution in [0.15, 0.2) is 0 Å². The molecule has 0 aromatic rings. The maximum Gasteiger partial charge on any atom is 0.268 e. The second-order valence-corrected chi connectivity index (χ2v) is 9.80. The number of unbranched alkanes of at least 4 members (excludes halogenated alkanes) is 9. The highest BCUT2D eigenvalue weighted by Gasteiger charge is 2.31. The van der Waals surface area contributed by atoms with Crippen molar-refractivity contribution >= 4 is 10.1 Å². The standard InChI is InChI=1S/C21H45NO3S/c1-5-7-9-10-11-12-13-14-15-17-20(16-8-6-2)21(26(23,24)25)18-19-22(3)4/h20-21H,5-19H2,1-4H3,(H,23,24,25). The molecule has 0 aromatic heterocycles. The molecular formula is C21H45NO3S. The van der Waals surface area contributed by atoms with Gasteiger partial charge in [0.2, 0.25) is 0 Å². The van der Waals surface area contributed by atoms with Crippen LogP contribution in [0.3, 0.4) is 0 Å². The van der Waals surface area contributed by atoms with Crippen molar-refractivity contribution in [1.82, 2.24) is 4.90 Å². The molecule has 158 valence electrons. The quantitative estimate of drug-likeness (QED) is 0.233. The molecule has 0 fully saturated rings. The van der Waals surface area contributed by atoms with Crippen LogP contribution in [0.2, 0.25) is 0 Å². The first-order chi connectivity index (χ1) is 12.3. The molecule has 0 aromatic carbocycles. The van der Waals surface area contributed by atoms with E-state index in [1.54, 1.807) is 0 Å². The van der Waals surface area contributed by atoms with Crippen LogP contribution in [-0.2, 0) is 10.1 Å². The number of nitrogens with zero attached hydrogens (tertiary/aromatic N) is 1. The summed E-state index contributed by atoms with van der Waals surface area (Å²) >= 11 is 0. The van der Waals surface area contributed by atoms with Gasteiger partial charge < -0.3 is 4.90 Å². The highest BCUT2D eigenvalue weighted by atomic mass is 32.2. The maximum atomic E-state index is 11.9. The molecule has 0 heterocycles. The van der Waals surface area contributed by atoms with Crippen molar-refractivity contribution in [2.75, 3.05) is 20.6 Å². The lowest BCUT2D eigenvalue weighted by atomic mass is 9.90. The molecule has 0 aliphatic carbocycles. The van der Waals surface area contributed by atoms with Gasteiger partial charge in [-0.1, -0.05) is 84.5 Å². The lowest BCUT2D eigenvalue weighted by Gasteiger charge is -2.26. The molecule has 0 rings (SSSR count). The SMILES string of the molecule is CCCCCCCCCCCC(CCCC)C(CCN(C)C)S(=O)(=O)O. The minimum atomic E-state index is -3.98. The second kappa shape index (κ2) is 15.9. The van der Waals surface area contributed by atoms with Gasteiger partial charge in [-0.25, -0.2) is 0 Å². The summed E-state index contributed by atoms with van der Waals surface area (Å²) in [4.78, 5) is 1.99. The first-order valence-corrected chi connectivity index (χ1v) is 12.4. The van der Waals surface area contributed by atoms with Crippen molar-refractivity contribution in [3.05, 3.63) is 0 Å². The van der Waals surface area contributed by atoms with Crippen LogP contribution >= 0.6 is 0 Å². The monoisotopic (exact) mass is 391 g/mol. The van der Waals surface area contributed by atoms with E-state index in [9.17, 15) is 13.0 Å². The predicted octanol–water partition coefficient (Wildman–Crippen LogP) is 5.92. The highest BCUT2D eigenvalue weighted by Crippen LogP contribution is 2.27. The first kappa shape index (κ1) is 25.9. The van der Waals surface area contributed by atoms with Gasteiger partial charge in [-0.15, -0.1) is 0 Å². The Kier molecular flexibility index (Phi) is 15.8. The lowest BCUT2D eigenvalue weighted by Crippen LogP contribution is -2.33. The van der Waals surface area contributed by atoms with Gasteiger partial charge in [0.25, 0.3) is 10.1 Å². The lowest BCUT2D eigenvalue weighted by molar-refractivity contribution is 0.321. The van der Waals surface area contributed by atoms with Crippen LogP contribution in [0.1, 0.15) is 104 Å². The molecule has 0 aliphatic heterocycles. The molecule has 0 spiro atoms. The zero-order valence-electron chi connectivity index (χ0n) is 17.9. The summed E-state index contributed by atoms with van der Waals surface area (Å²) in [5.74, 6) is 0.0921. The number of hydrogen-bond acceptors (Lipinski definition) is 3. The van der Waals surface area contributed by atoms with E-state index in [1.807, 2.05) is 19.0 Å². The Bertz CT molecular complexity index is 409. The van der Waals surface area contributed by atoms with Crippen LogP contribution in [-0.4, -0.2) is 43.8 Å². The van der Waals surface area contributed by atoms with E-state index in [2.05, 4.69) is 13.8 Å². The van der Waals surface area contributed by atoms with Crippen LogP contribution in [0, 0.1) is 5.92 Å². The predicted molar refractivity (Wildman–Crippen MR) is 113 cm³/mol. The minimum Gasteiger partial charge on any atom is -0.309 e. The Morgan fingerprint density at radius 2 is 1.19 bits per heavy atom. The second-order valence-electron chi connectivity index (χ2n) is 8.16. The third kappa shape index (κ3) is 14.0. The van der Waals surface area contributed by atoms with E-state index in [4.69, 9.17) is 0 Å². The van der Waals surface area contributed by atoms with Gasteiger partial charge in [0.1, 0.15) is 0 Å². The molecular weight excluding hydrogens is 346 g/mol. The number of rotatable bonds is 18. The maximum absolute atomic E-state index is 11.9. The fourth-order valence-electron chi connectivity index (χ4n) is 3.71. The van der Waals surface area contributed by atoms with Crippen molar-refractivity contribution in [3.8, 4) is 0 Å². The van der Waals surface area contributed by atoms with E-state index >= 15 is 0 Å². The van der Waals surface area contributed by atoms with E-state index in [0.717, 1.165) is 32.1 Å². The molecule has 26 heavy (non-hydrogen) atoms. The molecule has 0 radical (unpaired) electrons. The fourth-order valence-corrected chi connectivity index (χ4v) is 4.87. The van der Waals surface area contributed by atoms with Crippen molar-refractivity contribution in [2.24, 2.45) is 5.92 Å². The van der Waals surface area contributed by atoms with Crippen molar-refractivity contribution in [2.45, 2.75) is 109 Å². The van der Waals surface area contributed by atoms with Gasteiger partial charge in [-0.2, -0.15) is 8.42 Å². The minimum absolute atomic E-state index is 0.0921. The average molecular weight is 392 g/mol. The van der Waals surface area contributed by atoms with E-state index < -0.39 is 15.4 Å². The molecule has 0 amide bonds. The van der Waals surface area contributed by atoms with E-state index in [-0.39, 0.29) is 5.92 Å². The zero-order valence-corrected chi connectivity index (χ0v) is 18.7. The van der Waals surface area contributed by atoms with Crippen LogP contribution in [0.4, 0.5) is 0 Å². The summed E-state index contributed by atoms with van der Waals surface area (Å²) in [6.07, 6.45) is 16.0. The molecule has 2 unspecified atom stereocenters. The molecule has 0 bridgehead atoms. The topological polar surface area (TPSA) is 57.6 Å². The molecule has 2 atom stereocenters. The molecule has 0 saturated heterocycles. The van der Waals surface area contributed by atoms with Crippen molar-refractivity contribution < 1.29 is 13.0 Å². The summed E-state index contributed by atoms with van der Waals surface area (Å²) in [5, 5.41) is -0.606. The van der Waals surface area contributed by atoms with Gasteiger partial charge in [-0.3, -0.25) is 4.55 Å². The molecule has 0 saturated carbocycles. The Morgan fingerprint density at radius 1 is 0.731 bits per heavy atom. The summed E-state index contributed by atoms with van der Waals surface area (Å²) in [7, 11) is -0.0830. The normalized spacial score (nSPS) is 14.7. The number of hydrogen-bond donors (Lipinski definition) is 1. The van der Waals surface area contributed by atoms with Crippen molar-refractivity contribution in [3.63, 3.8) is 0 Å². The van der Waals surface area contributed by atoms with Gasteiger partial charge in [0.05, 0.1) is 5.25 Å². The largest absolute Gasteiger partial charge is 0.309 e. The van der Waals surface area contributed by atoms with E-state index in [1.165, 1.54) is 51.4 Å². The summed E-state index contributed by atoms with van der Waals surface area (Å²) in [5.41, 5.74) is 0.